The minimum Gasteiger partial charge on any atom is -0.493 e. The van der Waals surface area contributed by atoms with Gasteiger partial charge in [-0.25, -0.2) is 4.70 Å². The summed E-state index contributed by atoms with van der Waals surface area (Å²) in [5, 5.41) is 0. The first kappa shape index (κ1) is 35.0. The summed E-state index contributed by atoms with van der Waals surface area (Å²) in [6, 6.07) is 9.69. The van der Waals surface area contributed by atoms with Crippen LogP contribution in [-0.2, 0) is 38.5 Å². The second kappa shape index (κ2) is 18.4. The van der Waals surface area contributed by atoms with Gasteiger partial charge in [0.2, 0.25) is 11.4 Å². The Kier molecular flexibility index (Phi) is 14.9. The molecule has 0 fully saturated rings. The second-order valence-corrected chi connectivity index (χ2v) is 12.9. The molecule has 1 aliphatic heterocycles. The number of nitrogens with zero attached hydrogens (tertiary/aromatic N) is 2. The Morgan fingerprint density at radius 1 is 0.465 bits per heavy atom. The number of aryl methyl sites for hydroxylation is 4. The number of allylic oxidation sites excluding steroid dienone is 2. The Morgan fingerprint density at radius 3 is 1.28 bits per heavy atom. The van der Waals surface area contributed by atoms with E-state index in [1.807, 2.05) is 0 Å². The number of hydrogen-bond donors (Lipinski definition) is 0. The van der Waals surface area contributed by atoms with E-state index in [1.165, 1.54) is 90.3 Å². The summed E-state index contributed by atoms with van der Waals surface area (Å²) in [5.74, 6) is 0. The van der Waals surface area contributed by atoms with Crippen molar-refractivity contribution >= 4 is 11.4 Å². The van der Waals surface area contributed by atoms with Crippen LogP contribution in [0.5, 0.6) is 0 Å². The average Bonchev–Trinajstić information content (AvgIpc) is 3.32. The van der Waals surface area contributed by atoms with Gasteiger partial charge in [0.15, 0.2) is 0 Å². The molecule has 0 unspecified atom stereocenters. The Hall–Kier alpha value is -2.48. The number of benzene rings is 2. The molecule has 0 aliphatic carbocycles. The minimum atomic E-state index is 0.961. The standard InChI is InChI=1S/C41H62N2/c1-8-15-18-23-35-30-40(36-26-31(19-11-4)38(24-16-9-2)32(27-36)20-12-5)43(42)41(35)37-28-33(21-13-6)39(25-17-10-3)34(29-37)22-14-7/h26-30H,8-25H2,1-7H3. The highest BCUT2D eigenvalue weighted by molar-refractivity contribution is 5.79. The van der Waals surface area contributed by atoms with Gasteiger partial charge in [0.25, 0.3) is 0 Å². The highest BCUT2D eigenvalue weighted by Gasteiger charge is 2.30. The van der Waals surface area contributed by atoms with Gasteiger partial charge in [-0.15, -0.1) is 0 Å². The summed E-state index contributed by atoms with van der Waals surface area (Å²) >= 11 is 0. The van der Waals surface area contributed by atoms with E-state index in [0.29, 0.717) is 0 Å². The fourth-order valence-corrected chi connectivity index (χ4v) is 7.02. The molecule has 1 heterocycles. The zero-order valence-corrected chi connectivity index (χ0v) is 29.0. The number of rotatable bonds is 20. The van der Waals surface area contributed by atoms with E-state index >= 15 is 0 Å². The second-order valence-electron chi connectivity index (χ2n) is 12.9. The quantitative estimate of drug-likeness (QED) is 0.110. The van der Waals surface area contributed by atoms with E-state index in [-0.39, 0.29) is 0 Å². The van der Waals surface area contributed by atoms with Crippen molar-refractivity contribution in [2.45, 2.75) is 164 Å². The molecular weight excluding hydrogens is 520 g/mol. The lowest BCUT2D eigenvalue weighted by atomic mass is 9.88. The maximum atomic E-state index is 12.1. The van der Waals surface area contributed by atoms with Gasteiger partial charge in [-0.2, -0.15) is 0 Å². The van der Waals surface area contributed by atoms with Crippen LogP contribution in [0.25, 0.3) is 16.9 Å². The van der Waals surface area contributed by atoms with Crippen molar-refractivity contribution in [3.8, 4) is 0 Å². The van der Waals surface area contributed by atoms with Crippen LogP contribution < -0.4 is 0 Å². The summed E-state index contributed by atoms with van der Waals surface area (Å²) in [7, 11) is 0. The van der Waals surface area contributed by atoms with Crippen LogP contribution in [0.2, 0.25) is 0 Å². The van der Waals surface area contributed by atoms with Gasteiger partial charge in [0.05, 0.1) is 0 Å². The molecule has 0 N–H and O–H groups in total. The molecule has 0 aromatic heterocycles. The molecule has 236 valence electrons. The zero-order chi connectivity index (χ0) is 31.2. The van der Waals surface area contributed by atoms with Crippen LogP contribution in [0, 0.1) is 0 Å². The van der Waals surface area contributed by atoms with Gasteiger partial charge in [0, 0.05) is 22.8 Å². The molecule has 0 saturated heterocycles. The molecule has 0 amide bonds. The van der Waals surface area contributed by atoms with Gasteiger partial charge in [-0.1, -0.05) is 99.8 Å². The molecule has 0 spiro atoms. The summed E-state index contributed by atoms with van der Waals surface area (Å²) in [5.41, 5.74) is 26.9. The van der Waals surface area contributed by atoms with Gasteiger partial charge in [0.1, 0.15) is 0 Å². The van der Waals surface area contributed by atoms with Gasteiger partial charge in [-0.3, -0.25) is 0 Å². The molecule has 1 aliphatic rings. The van der Waals surface area contributed by atoms with Gasteiger partial charge in [-0.05, 0) is 122 Å². The Labute approximate surface area is 265 Å². The SMILES string of the molecule is CCCCCC1=C(c2cc(CCC)c(CCCC)c(CCC)c2)[N+](=[N-])C(c2cc(CCC)c(CCCC)c(CCC)c2)=C1. The molecule has 2 nitrogen and oxygen atoms in total. The topological polar surface area (TPSA) is 25.3 Å². The lowest BCUT2D eigenvalue weighted by Gasteiger charge is -2.19. The summed E-state index contributed by atoms with van der Waals surface area (Å²) in [6.07, 6.45) is 23.2. The molecular formula is C41H62N2. The van der Waals surface area contributed by atoms with Crippen LogP contribution in [0.1, 0.15) is 170 Å². The van der Waals surface area contributed by atoms with Crippen LogP contribution in [0.4, 0.5) is 0 Å². The van der Waals surface area contributed by atoms with Crippen molar-refractivity contribution in [3.63, 3.8) is 0 Å². The van der Waals surface area contributed by atoms with E-state index in [0.717, 1.165) is 75.6 Å². The third-order valence-electron chi connectivity index (χ3n) is 9.18. The van der Waals surface area contributed by atoms with E-state index in [1.54, 1.807) is 15.8 Å². The smallest absolute Gasteiger partial charge is 0.210 e. The van der Waals surface area contributed by atoms with E-state index in [4.69, 9.17) is 0 Å². The molecule has 0 saturated carbocycles. The Balaban J connectivity index is 2.17. The Bertz CT molecular complexity index is 1200. The molecule has 3 rings (SSSR count). The van der Waals surface area contributed by atoms with Crippen molar-refractivity contribution in [1.29, 1.82) is 0 Å². The van der Waals surface area contributed by atoms with E-state index in [9.17, 15) is 5.53 Å². The highest BCUT2D eigenvalue weighted by atomic mass is 15.2. The Morgan fingerprint density at radius 2 is 0.884 bits per heavy atom. The largest absolute Gasteiger partial charge is 0.493 e. The van der Waals surface area contributed by atoms with Gasteiger partial charge < -0.3 is 5.53 Å². The zero-order valence-electron chi connectivity index (χ0n) is 29.0. The predicted octanol–water partition coefficient (Wildman–Crippen LogP) is 12.6. The normalized spacial score (nSPS) is 13.4. The molecule has 2 heteroatoms. The maximum Gasteiger partial charge on any atom is 0.210 e. The summed E-state index contributed by atoms with van der Waals surface area (Å²) < 4.78 is 1.57. The lowest BCUT2D eigenvalue weighted by molar-refractivity contribution is -0.344. The number of hydrogen-bond acceptors (Lipinski definition) is 0. The molecule has 2 aromatic rings. The molecule has 0 radical (unpaired) electrons. The van der Waals surface area contributed by atoms with Crippen LogP contribution in [-0.4, -0.2) is 4.70 Å². The lowest BCUT2D eigenvalue weighted by Crippen LogP contribution is -2.08. The highest BCUT2D eigenvalue weighted by Crippen LogP contribution is 2.40. The van der Waals surface area contributed by atoms with Crippen LogP contribution in [0.3, 0.4) is 0 Å². The van der Waals surface area contributed by atoms with Crippen molar-refractivity contribution in [2.24, 2.45) is 0 Å². The van der Waals surface area contributed by atoms with E-state index in [2.05, 4.69) is 78.8 Å². The van der Waals surface area contributed by atoms with Crippen molar-refractivity contribution in [1.82, 2.24) is 0 Å². The van der Waals surface area contributed by atoms with E-state index < -0.39 is 0 Å². The fourth-order valence-electron chi connectivity index (χ4n) is 7.02. The van der Waals surface area contributed by atoms with Crippen molar-refractivity contribution in [2.75, 3.05) is 0 Å². The van der Waals surface area contributed by atoms with Crippen molar-refractivity contribution < 1.29 is 4.70 Å². The summed E-state index contributed by atoms with van der Waals surface area (Å²) in [4.78, 5) is 0. The number of unbranched alkanes of at least 4 members (excludes halogenated alkanes) is 4. The first-order valence-corrected chi connectivity index (χ1v) is 18.2. The molecule has 2 aromatic carbocycles. The average molecular weight is 583 g/mol. The van der Waals surface area contributed by atoms with Crippen LogP contribution >= 0.6 is 0 Å². The predicted molar refractivity (Wildman–Crippen MR) is 189 cm³/mol. The summed E-state index contributed by atoms with van der Waals surface area (Å²) in [6.45, 7) is 16.0. The molecule has 43 heavy (non-hydrogen) atoms. The molecule has 0 atom stereocenters. The van der Waals surface area contributed by atoms with Crippen LogP contribution in [0.15, 0.2) is 35.9 Å². The minimum absolute atomic E-state index is 0.961. The maximum absolute atomic E-state index is 12.1. The first-order chi connectivity index (χ1) is 21.0. The fraction of sp³-hybridized carbons (Fsp3) is 0.610. The van der Waals surface area contributed by atoms with Crippen molar-refractivity contribution in [3.05, 3.63) is 86.0 Å². The monoisotopic (exact) mass is 582 g/mol. The third kappa shape index (κ3) is 9.02. The first-order valence-electron chi connectivity index (χ1n) is 18.2. The molecule has 0 bridgehead atoms. The van der Waals surface area contributed by atoms with Gasteiger partial charge >= 0.3 is 0 Å². The third-order valence-corrected chi connectivity index (χ3v) is 9.18.